The summed E-state index contributed by atoms with van der Waals surface area (Å²) in [5, 5.41) is 9.28. The zero-order valence-corrected chi connectivity index (χ0v) is 10.4. The SMILES string of the molecule is Oc1ccc(-n2cnc3ccc(Br)cc32)cc1. The molecule has 0 unspecified atom stereocenters. The Morgan fingerprint density at radius 1 is 1.06 bits per heavy atom. The lowest BCUT2D eigenvalue weighted by Crippen LogP contribution is -1.90. The van der Waals surface area contributed by atoms with Crippen LogP contribution in [-0.4, -0.2) is 14.7 Å². The highest BCUT2D eigenvalue weighted by molar-refractivity contribution is 9.10. The van der Waals surface area contributed by atoms with Crippen molar-refractivity contribution in [3.05, 3.63) is 53.3 Å². The standard InChI is InChI=1S/C13H9BrN2O/c14-9-1-6-12-13(7-9)16(8-15-12)10-2-4-11(17)5-3-10/h1-8,17H. The highest BCUT2D eigenvalue weighted by Crippen LogP contribution is 2.22. The van der Waals surface area contributed by atoms with Crippen LogP contribution in [0.1, 0.15) is 0 Å². The second-order valence-corrected chi connectivity index (χ2v) is 4.68. The lowest BCUT2D eigenvalue weighted by Gasteiger charge is -2.04. The molecule has 84 valence electrons. The predicted octanol–water partition coefficient (Wildman–Crippen LogP) is 3.49. The molecule has 3 rings (SSSR count). The van der Waals surface area contributed by atoms with E-state index in [9.17, 15) is 5.11 Å². The van der Waals surface area contributed by atoms with Crippen molar-refractivity contribution in [2.45, 2.75) is 0 Å². The first-order valence-corrected chi connectivity index (χ1v) is 5.95. The lowest BCUT2D eigenvalue weighted by atomic mass is 10.2. The van der Waals surface area contributed by atoms with Gasteiger partial charge in [-0.1, -0.05) is 15.9 Å². The quantitative estimate of drug-likeness (QED) is 0.744. The number of aromatic hydroxyl groups is 1. The molecule has 0 fully saturated rings. The number of hydrogen-bond donors (Lipinski definition) is 1. The van der Waals surface area contributed by atoms with Crippen LogP contribution >= 0.6 is 15.9 Å². The Balaban J connectivity index is 2.23. The molecule has 17 heavy (non-hydrogen) atoms. The van der Waals surface area contributed by atoms with Gasteiger partial charge < -0.3 is 5.11 Å². The van der Waals surface area contributed by atoms with Gasteiger partial charge in [0.05, 0.1) is 11.0 Å². The number of fused-ring (bicyclic) bond motifs is 1. The molecule has 1 N–H and O–H groups in total. The molecule has 1 aromatic heterocycles. The van der Waals surface area contributed by atoms with Gasteiger partial charge in [0.1, 0.15) is 12.1 Å². The molecule has 0 amide bonds. The van der Waals surface area contributed by atoms with E-state index in [4.69, 9.17) is 0 Å². The number of aromatic nitrogens is 2. The minimum absolute atomic E-state index is 0.263. The molecule has 0 aliphatic carbocycles. The Labute approximate surface area is 106 Å². The van der Waals surface area contributed by atoms with E-state index in [1.807, 2.05) is 34.9 Å². The molecular formula is C13H9BrN2O. The fourth-order valence-corrected chi connectivity index (χ4v) is 2.15. The van der Waals surface area contributed by atoms with Crippen LogP contribution < -0.4 is 0 Å². The Morgan fingerprint density at radius 3 is 2.59 bits per heavy atom. The number of rotatable bonds is 1. The lowest BCUT2D eigenvalue weighted by molar-refractivity contribution is 0.475. The fraction of sp³-hybridized carbons (Fsp3) is 0. The van der Waals surface area contributed by atoms with Crippen molar-refractivity contribution in [2.75, 3.05) is 0 Å². The van der Waals surface area contributed by atoms with Crippen molar-refractivity contribution in [1.29, 1.82) is 0 Å². The second kappa shape index (κ2) is 3.89. The van der Waals surface area contributed by atoms with Crippen LogP contribution in [0.3, 0.4) is 0 Å². The van der Waals surface area contributed by atoms with Gasteiger partial charge in [0.25, 0.3) is 0 Å². The summed E-state index contributed by atoms with van der Waals surface area (Å²) < 4.78 is 3.00. The highest BCUT2D eigenvalue weighted by Gasteiger charge is 2.04. The van der Waals surface area contributed by atoms with E-state index >= 15 is 0 Å². The Morgan fingerprint density at radius 2 is 1.82 bits per heavy atom. The van der Waals surface area contributed by atoms with E-state index in [0.717, 1.165) is 21.2 Å². The average molecular weight is 289 g/mol. The Hall–Kier alpha value is -1.81. The van der Waals surface area contributed by atoms with Gasteiger partial charge in [-0.2, -0.15) is 0 Å². The van der Waals surface area contributed by atoms with Crippen LogP contribution in [0.25, 0.3) is 16.7 Å². The van der Waals surface area contributed by atoms with Crippen molar-refractivity contribution in [2.24, 2.45) is 0 Å². The average Bonchev–Trinajstić information content (AvgIpc) is 2.73. The summed E-state index contributed by atoms with van der Waals surface area (Å²) in [5.74, 6) is 0.263. The predicted molar refractivity (Wildman–Crippen MR) is 70.4 cm³/mol. The van der Waals surface area contributed by atoms with Crippen LogP contribution in [0, 0.1) is 0 Å². The first kappa shape index (κ1) is 10.4. The molecule has 0 bridgehead atoms. The smallest absolute Gasteiger partial charge is 0.115 e. The van der Waals surface area contributed by atoms with Gasteiger partial charge in [-0.05, 0) is 42.5 Å². The van der Waals surface area contributed by atoms with Crippen molar-refractivity contribution < 1.29 is 5.11 Å². The van der Waals surface area contributed by atoms with Crippen LogP contribution in [0.15, 0.2) is 53.3 Å². The molecule has 0 aliphatic rings. The minimum Gasteiger partial charge on any atom is -0.508 e. The third-order valence-electron chi connectivity index (χ3n) is 2.64. The minimum atomic E-state index is 0.263. The number of benzene rings is 2. The van der Waals surface area contributed by atoms with Gasteiger partial charge in [0.2, 0.25) is 0 Å². The van der Waals surface area contributed by atoms with Crippen molar-refractivity contribution >= 4 is 27.0 Å². The first-order chi connectivity index (χ1) is 8.24. The number of nitrogens with zero attached hydrogens (tertiary/aromatic N) is 2. The van der Waals surface area contributed by atoms with Crippen LogP contribution in [-0.2, 0) is 0 Å². The summed E-state index contributed by atoms with van der Waals surface area (Å²) >= 11 is 3.45. The van der Waals surface area contributed by atoms with Gasteiger partial charge in [0.15, 0.2) is 0 Å². The second-order valence-electron chi connectivity index (χ2n) is 3.76. The molecule has 0 radical (unpaired) electrons. The zero-order chi connectivity index (χ0) is 11.8. The summed E-state index contributed by atoms with van der Waals surface area (Å²) in [6, 6.07) is 13.0. The Bertz CT molecular complexity index is 673. The first-order valence-electron chi connectivity index (χ1n) is 5.16. The maximum absolute atomic E-state index is 9.28. The van der Waals surface area contributed by atoms with Gasteiger partial charge in [-0.3, -0.25) is 4.57 Å². The van der Waals surface area contributed by atoms with E-state index in [1.54, 1.807) is 18.5 Å². The normalized spacial score (nSPS) is 10.9. The van der Waals surface area contributed by atoms with Gasteiger partial charge in [0, 0.05) is 10.2 Å². The molecule has 1 heterocycles. The topological polar surface area (TPSA) is 38.0 Å². The summed E-state index contributed by atoms with van der Waals surface area (Å²) in [5.41, 5.74) is 2.95. The number of phenols is 1. The van der Waals surface area contributed by atoms with E-state index in [1.165, 1.54) is 0 Å². The summed E-state index contributed by atoms with van der Waals surface area (Å²) in [7, 11) is 0. The van der Waals surface area contributed by atoms with E-state index < -0.39 is 0 Å². The molecule has 0 atom stereocenters. The van der Waals surface area contributed by atoms with Crippen molar-refractivity contribution in [3.8, 4) is 11.4 Å². The summed E-state index contributed by atoms with van der Waals surface area (Å²) in [4.78, 5) is 4.34. The van der Waals surface area contributed by atoms with Crippen LogP contribution in [0.2, 0.25) is 0 Å². The van der Waals surface area contributed by atoms with Crippen molar-refractivity contribution in [1.82, 2.24) is 9.55 Å². The number of phenolic OH excluding ortho intramolecular Hbond substituents is 1. The molecule has 3 nitrogen and oxygen atoms in total. The number of imidazole rings is 1. The number of hydrogen-bond acceptors (Lipinski definition) is 2. The Kier molecular flexibility index (Phi) is 2.37. The monoisotopic (exact) mass is 288 g/mol. The van der Waals surface area contributed by atoms with Gasteiger partial charge in [-0.15, -0.1) is 0 Å². The molecule has 0 saturated carbocycles. The number of halogens is 1. The summed E-state index contributed by atoms with van der Waals surface area (Å²) in [6.45, 7) is 0. The van der Waals surface area contributed by atoms with Crippen LogP contribution in [0.4, 0.5) is 0 Å². The largest absolute Gasteiger partial charge is 0.508 e. The maximum atomic E-state index is 9.28. The third-order valence-corrected chi connectivity index (χ3v) is 3.13. The molecule has 3 aromatic rings. The molecule has 0 spiro atoms. The molecule has 0 aliphatic heterocycles. The van der Waals surface area contributed by atoms with E-state index in [2.05, 4.69) is 20.9 Å². The third kappa shape index (κ3) is 1.80. The molecule has 0 saturated heterocycles. The summed E-state index contributed by atoms with van der Waals surface area (Å²) in [6.07, 6.45) is 1.78. The van der Waals surface area contributed by atoms with Crippen LogP contribution in [0.5, 0.6) is 5.75 Å². The maximum Gasteiger partial charge on any atom is 0.115 e. The molecule has 4 heteroatoms. The van der Waals surface area contributed by atoms with Gasteiger partial charge >= 0.3 is 0 Å². The van der Waals surface area contributed by atoms with Crippen molar-refractivity contribution in [3.63, 3.8) is 0 Å². The highest BCUT2D eigenvalue weighted by atomic mass is 79.9. The van der Waals surface area contributed by atoms with E-state index in [0.29, 0.717) is 0 Å². The molecular weight excluding hydrogens is 280 g/mol. The zero-order valence-electron chi connectivity index (χ0n) is 8.84. The fourth-order valence-electron chi connectivity index (χ4n) is 1.80. The molecule has 2 aromatic carbocycles. The van der Waals surface area contributed by atoms with Gasteiger partial charge in [-0.25, -0.2) is 4.98 Å². The van der Waals surface area contributed by atoms with E-state index in [-0.39, 0.29) is 5.75 Å².